The molecule has 2 rings (SSSR count). The van der Waals surface area contributed by atoms with Gasteiger partial charge in [0.1, 0.15) is 0 Å². The fourth-order valence-corrected chi connectivity index (χ4v) is 2.03. The van der Waals surface area contributed by atoms with Gasteiger partial charge >= 0.3 is 0 Å². The van der Waals surface area contributed by atoms with E-state index in [1.54, 1.807) is 0 Å². The third-order valence-corrected chi connectivity index (χ3v) is 2.96. The molecule has 0 unspecified atom stereocenters. The van der Waals surface area contributed by atoms with E-state index in [-0.39, 0.29) is 0 Å². The molecule has 0 radical (unpaired) electrons. The van der Waals surface area contributed by atoms with Gasteiger partial charge in [0.15, 0.2) is 5.82 Å². The molecule has 2 heterocycles. The van der Waals surface area contributed by atoms with Crippen LogP contribution in [0.15, 0.2) is 12.1 Å². The first-order valence-electron chi connectivity index (χ1n) is 5.55. The van der Waals surface area contributed by atoms with E-state index in [0.29, 0.717) is 5.92 Å². The Labute approximate surface area is 90.5 Å². The van der Waals surface area contributed by atoms with Crippen LogP contribution in [0.1, 0.15) is 18.5 Å². The minimum atomic E-state index is 0.613. The van der Waals surface area contributed by atoms with Crippen LogP contribution in [0.25, 0.3) is 0 Å². The largest absolute Gasteiger partial charge is 0.355 e. The fourth-order valence-electron chi connectivity index (χ4n) is 2.03. The topological polar surface area (TPSA) is 55.0 Å². The van der Waals surface area contributed by atoms with Crippen molar-refractivity contribution in [2.24, 2.45) is 11.7 Å². The third-order valence-electron chi connectivity index (χ3n) is 2.96. The average Bonchev–Trinajstić information content (AvgIpc) is 2.30. The number of hydrogen-bond acceptors (Lipinski definition) is 4. The lowest BCUT2D eigenvalue weighted by molar-refractivity contribution is 0.421. The Morgan fingerprint density at radius 3 is 3.00 bits per heavy atom. The summed E-state index contributed by atoms with van der Waals surface area (Å²) in [5, 5.41) is 8.29. The minimum absolute atomic E-state index is 0.613. The Hall–Kier alpha value is -1.16. The molecule has 82 valence electrons. The number of nitrogens with zero attached hydrogens (tertiary/aromatic N) is 3. The van der Waals surface area contributed by atoms with E-state index in [9.17, 15) is 0 Å². The number of aromatic nitrogens is 2. The number of anilines is 1. The van der Waals surface area contributed by atoms with Crippen LogP contribution in [0.2, 0.25) is 0 Å². The fraction of sp³-hybridized carbons (Fsp3) is 0.636. The number of hydrogen-bond donors (Lipinski definition) is 1. The molecule has 1 fully saturated rings. The lowest BCUT2D eigenvalue weighted by atomic mass is 9.98. The van der Waals surface area contributed by atoms with Crippen LogP contribution in [-0.2, 0) is 0 Å². The van der Waals surface area contributed by atoms with Crippen LogP contribution in [-0.4, -0.2) is 29.8 Å². The Morgan fingerprint density at radius 2 is 2.33 bits per heavy atom. The van der Waals surface area contributed by atoms with Crippen LogP contribution in [0.5, 0.6) is 0 Å². The summed E-state index contributed by atoms with van der Waals surface area (Å²) in [5.41, 5.74) is 6.67. The lowest BCUT2D eigenvalue weighted by Gasteiger charge is -2.32. The van der Waals surface area contributed by atoms with Crippen molar-refractivity contribution < 1.29 is 0 Å². The van der Waals surface area contributed by atoms with Gasteiger partial charge in [0, 0.05) is 13.1 Å². The zero-order valence-electron chi connectivity index (χ0n) is 9.19. The van der Waals surface area contributed by atoms with Crippen molar-refractivity contribution in [2.75, 3.05) is 24.5 Å². The van der Waals surface area contributed by atoms with Crippen molar-refractivity contribution in [1.82, 2.24) is 10.2 Å². The summed E-state index contributed by atoms with van der Waals surface area (Å²) in [6.07, 6.45) is 2.45. The SMILES string of the molecule is Cc1ccc(N2CCC[C@H](CN)C2)nn1. The molecule has 1 saturated heterocycles. The van der Waals surface area contributed by atoms with Gasteiger partial charge in [0.25, 0.3) is 0 Å². The van der Waals surface area contributed by atoms with Crippen molar-refractivity contribution in [3.63, 3.8) is 0 Å². The molecule has 0 spiro atoms. The third kappa shape index (κ3) is 2.45. The van der Waals surface area contributed by atoms with Crippen LogP contribution in [0, 0.1) is 12.8 Å². The highest BCUT2D eigenvalue weighted by Crippen LogP contribution is 2.20. The highest BCUT2D eigenvalue weighted by atomic mass is 15.3. The first-order chi connectivity index (χ1) is 7.29. The Kier molecular flexibility index (Phi) is 3.16. The normalized spacial score (nSPS) is 21.7. The quantitative estimate of drug-likeness (QED) is 0.783. The van der Waals surface area contributed by atoms with Crippen molar-refractivity contribution in [1.29, 1.82) is 0 Å². The Morgan fingerprint density at radius 1 is 1.47 bits per heavy atom. The molecule has 4 nitrogen and oxygen atoms in total. The number of nitrogens with two attached hydrogens (primary N) is 1. The molecular formula is C11H18N4. The number of rotatable bonds is 2. The van der Waals surface area contributed by atoms with Crippen LogP contribution >= 0.6 is 0 Å². The molecule has 0 saturated carbocycles. The van der Waals surface area contributed by atoms with E-state index in [1.807, 2.05) is 19.1 Å². The highest BCUT2D eigenvalue weighted by Gasteiger charge is 2.19. The zero-order chi connectivity index (χ0) is 10.7. The molecule has 1 aliphatic rings. The second-order valence-corrected chi connectivity index (χ2v) is 4.22. The molecule has 2 N–H and O–H groups in total. The standard InChI is InChI=1S/C11H18N4/c1-9-4-5-11(14-13-9)15-6-2-3-10(7-12)8-15/h4-5,10H,2-3,6-8,12H2,1H3/t10-/m1/s1. The molecule has 0 aromatic carbocycles. The predicted octanol–water partition coefficient (Wildman–Crippen LogP) is 0.960. The van der Waals surface area contributed by atoms with Gasteiger partial charge < -0.3 is 10.6 Å². The van der Waals surface area contributed by atoms with E-state index >= 15 is 0 Å². The summed E-state index contributed by atoms with van der Waals surface area (Å²) in [5.74, 6) is 1.60. The molecule has 1 atom stereocenters. The summed E-state index contributed by atoms with van der Waals surface area (Å²) in [6, 6.07) is 4.05. The highest BCUT2D eigenvalue weighted by molar-refractivity contribution is 5.37. The number of aryl methyl sites for hydroxylation is 1. The van der Waals surface area contributed by atoms with Gasteiger partial charge in [-0.05, 0) is 44.4 Å². The van der Waals surface area contributed by atoms with Gasteiger partial charge in [-0.25, -0.2) is 0 Å². The molecule has 1 aromatic rings. The molecule has 0 bridgehead atoms. The maximum Gasteiger partial charge on any atom is 0.151 e. The summed E-state index contributed by atoms with van der Waals surface area (Å²) in [6.45, 7) is 4.83. The molecule has 4 heteroatoms. The average molecular weight is 206 g/mol. The van der Waals surface area contributed by atoms with E-state index < -0.39 is 0 Å². The van der Waals surface area contributed by atoms with Crippen LogP contribution < -0.4 is 10.6 Å². The van der Waals surface area contributed by atoms with E-state index in [0.717, 1.165) is 31.1 Å². The smallest absolute Gasteiger partial charge is 0.151 e. The van der Waals surface area contributed by atoms with Crippen molar-refractivity contribution in [3.8, 4) is 0 Å². The number of piperidine rings is 1. The zero-order valence-corrected chi connectivity index (χ0v) is 9.19. The first-order valence-corrected chi connectivity index (χ1v) is 5.55. The monoisotopic (exact) mass is 206 g/mol. The van der Waals surface area contributed by atoms with Gasteiger partial charge in [0.2, 0.25) is 0 Å². The van der Waals surface area contributed by atoms with Gasteiger partial charge in [-0.15, -0.1) is 5.10 Å². The molecule has 1 aliphatic heterocycles. The molecule has 0 amide bonds. The van der Waals surface area contributed by atoms with Crippen molar-refractivity contribution >= 4 is 5.82 Å². The minimum Gasteiger partial charge on any atom is -0.355 e. The van der Waals surface area contributed by atoms with Crippen molar-refractivity contribution in [2.45, 2.75) is 19.8 Å². The summed E-state index contributed by atoms with van der Waals surface area (Å²) in [7, 11) is 0. The first kappa shape index (κ1) is 10.4. The maximum absolute atomic E-state index is 5.70. The second-order valence-electron chi connectivity index (χ2n) is 4.22. The van der Waals surface area contributed by atoms with Crippen LogP contribution in [0.4, 0.5) is 5.82 Å². The summed E-state index contributed by atoms with van der Waals surface area (Å²) < 4.78 is 0. The Balaban J connectivity index is 2.06. The van der Waals surface area contributed by atoms with E-state index in [2.05, 4.69) is 15.1 Å². The van der Waals surface area contributed by atoms with Crippen LogP contribution in [0.3, 0.4) is 0 Å². The van der Waals surface area contributed by atoms with Gasteiger partial charge in [0.05, 0.1) is 5.69 Å². The van der Waals surface area contributed by atoms with Gasteiger partial charge in [-0.3, -0.25) is 0 Å². The molecule has 0 aliphatic carbocycles. The summed E-state index contributed by atoms with van der Waals surface area (Å²) >= 11 is 0. The van der Waals surface area contributed by atoms with Gasteiger partial charge in [-0.1, -0.05) is 0 Å². The lowest BCUT2D eigenvalue weighted by Crippen LogP contribution is -2.38. The predicted molar refractivity (Wildman–Crippen MR) is 60.8 cm³/mol. The van der Waals surface area contributed by atoms with Gasteiger partial charge in [-0.2, -0.15) is 5.10 Å². The second kappa shape index (κ2) is 4.57. The van der Waals surface area contributed by atoms with Crippen molar-refractivity contribution in [3.05, 3.63) is 17.8 Å². The molecule has 15 heavy (non-hydrogen) atoms. The molecular weight excluding hydrogens is 188 g/mol. The summed E-state index contributed by atoms with van der Waals surface area (Å²) in [4.78, 5) is 2.29. The molecule has 1 aromatic heterocycles. The van der Waals surface area contributed by atoms with E-state index in [1.165, 1.54) is 12.8 Å². The maximum atomic E-state index is 5.70. The van der Waals surface area contributed by atoms with E-state index in [4.69, 9.17) is 5.73 Å². The Bertz CT molecular complexity index is 309.